The number of benzene rings is 8. The van der Waals surface area contributed by atoms with Crippen LogP contribution in [-0.4, -0.2) is 9.97 Å². The van der Waals surface area contributed by atoms with Crippen LogP contribution in [-0.2, 0) is 5.41 Å². The lowest BCUT2D eigenvalue weighted by molar-refractivity contribution is 0.660. The summed E-state index contributed by atoms with van der Waals surface area (Å²) < 4.78 is 0. The number of aromatic nitrogens is 2. The average molecular weight is 744 g/mol. The van der Waals surface area contributed by atoms with Crippen LogP contribution in [0.1, 0.15) is 25.0 Å². The van der Waals surface area contributed by atoms with Crippen molar-refractivity contribution in [2.24, 2.45) is 0 Å². The van der Waals surface area contributed by atoms with Crippen molar-refractivity contribution >= 4 is 17.1 Å². The number of fused-ring (bicyclic) bond motifs is 3. The molecule has 3 nitrogen and oxygen atoms in total. The van der Waals surface area contributed by atoms with Gasteiger partial charge in [0.1, 0.15) is 0 Å². The molecular weight excluding hydrogens is 703 g/mol. The van der Waals surface area contributed by atoms with Crippen LogP contribution in [0.3, 0.4) is 0 Å². The van der Waals surface area contributed by atoms with E-state index in [-0.39, 0.29) is 5.41 Å². The van der Waals surface area contributed by atoms with E-state index in [0.717, 1.165) is 56.3 Å². The van der Waals surface area contributed by atoms with Gasteiger partial charge in [-0.25, -0.2) is 9.97 Å². The molecule has 58 heavy (non-hydrogen) atoms. The summed E-state index contributed by atoms with van der Waals surface area (Å²) in [7, 11) is 0. The predicted octanol–water partition coefficient (Wildman–Crippen LogP) is 14.6. The Morgan fingerprint density at radius 2 is 0.724 bits per heavy atom. The first-order valence-corrected chi connectivity index (χ1v) is 19.9. The molecule has 0 unspecified atom stereocenters. The first-order valence-electron chi connectivity index (χ1n) is 19.9. The van der Waals surface area contributed by atoms with Crippen LogP contribution in [0, 0.1) is 0 Å². The summed E-state index contributed by atoms with van der Waals surface area (Å²) in [6, 6.07) is 75.6. The second-order valence-corrected chi connectivity index (χ2v) is 15.5. The summed E-state index contributed by atoms with van der Waals surface area (Å²) in [4.78, 5) is 12.4. The second-order valence-electron chi connectivity index (χ2n) is 15.5. The van der Waals surface area contributed by atoms with Crippen molar-refractivity contribution in [2.75, 3.05) is 4.90 Å². The Labute approximate surface area is 340 Å². The third kappa shape index (κ3) is 6.47. The lowest BCUT2D eigenvalue weighted by Gasteiger charge is -2.28. The normalized spacial score (nSPS) is 12.4. The van der Waals surface area contributed by atoms with Crippen molar-refractivity contribution in [1.29, 1.82) is 0 Å². The lowest BCUT2D eigenvalue weighted by Crippen LogP contribution is -2.16. The molecule has 0 bridgehead atoms. The van der Waals surface area contributed by atoms with Gasteiger partial charge in [0.25, 0.3) is 0 Å². The van der Waals surface area contributed by atoms with E-state index >= 15 is 0 Å². The van der Waals surface area contributed by atoms with E-state index in [1.165, 1.54) is 33.4 Å². The third-order valence-corrected chi connectivity index (χ3v) is 11.5. The van der Waals surface area contributed by atoms with Crippen molar-refractivity contribution in [3.63, 3.8) is 0 Å². The fourth-order valence-corrected chi connectivity index (χ4v) is 8.42. The highest BCUT2D eigenvalue weighted by atomic mass is 15.1. The number of nitrogens with zero attached hydrogens (tertiary/aromatic N) is 3. The fraction of sp³-hybridized carbons (Fsp3) is 0.0545. The molecule has 3 heteroatoms. The zero-order valence-corrected chi connectivity index (χ0v) is 32.5. The zero-order valence-electron chi connectivity index (χ0n) is 32.5. The summed E-state index contributed by atoms with van der Waals surface area (Å²) in [5.74, 6) is 0.715. The molecule has 0 radical (unpaired) electrons. The molecule has 0 atom stereocenters. The molecule has 0 spiro atoms. The Morgan fingerprint density at radius 3 is 1.29 bits per heavy atom. The van der Waals surface area contributed by atoms with Gasteiger partial charge in [0, 0.05) is 39.2 Å². The maximum atomic E-state index is 5.04. The van der Waals surface area contributed by atoms with Gasteiger partial charge >= 0.3 is 0 Å². The van der Waals surface area contributed by atoms with Crippen LogP contribution in [0.2, 0.25) is 0 Å². The second kappa shape index (κ2) is 14.6. The highest BCUT2D eigenvalue weighted by molar-refractivity contribution is 5.86. The van der Waals surface area contributed by atoms with Crippen LogP contribution in [0.5, 0.6) is 0 Å². The minimum absolute atomic E-state index is 0.0984. The molecule has 9 aromatic rings. The molecule has 1 aliphatic carbocycles. The summed E-state index contributed by atoms with van der Waals surface area (Å²) in [6.45, 7) is 4.69. The van der Waals surface area contributed by atoms with E-state index in [1.54, 1.807) is 0 Å². The monoisotopic (exact) mass is 743 g/mol. The van der Waals surface area contributed by atoms with Gasteiger partial charge in [-0.1, -0.05) is 184 Å². The topological polar surface area (TPSA) is 29.0 Å². The lowest BCUT2D eigenvalue weighted by atomic mass is 9.82. The number of anilines is 3. The van der Waals surface area contributed by atoms with Crippen molar-refractivity contribution in [2.45, 2.75) is 19.3 Å². The van der Waals surface area contributed by atoms with Gasteiger partial charge in [0.2, 0.25) is 0 Å². The molecule has 0 N–H and O–H groups in total. The van der Waals surface area contributed by atoms with E-state index in [0.29, 0.717) is 5.82 Å². The Kier molecular flexibility index (Phi) is 8.84. The number of hydrogen-bond donors (Lipinski definition) is 0. The highest BCUT2D eigenvalue weighted by Gasteiger charge is 2.35. The molecule has 0 saturated heterocycles. The molecule has 0 fully saturated rings. The highest BCUT2D eigenvalue weighted by Crippen LogP contribution is 2.50. The summed E-state index contributed by atoms with van der Waals surface area (Å²) in [5, 5.41) is 0. The molecule has 0 aliphatic heterocycles. The smallest absolute Gasteiger partial charge is 0.160 e. The van der Waals surface area contributed by atoms with Crippen molar-refractivity contribution in [3.8, 4) is 67.3 Å². The van der Waals surface area contributed by atoms with Gasteiger partial charge < -0.3 is 4.90 Å². The molecule has 276 valence electrons. The standard InChI is InChI=1S/C55H41N3/c1-55(2)50-21-13-12-20-48(50)49-35-34-47(36-51(49)55)58(45-30-26-40(27-31-45)38-14-6-3-7-15-38)46-32-28-41(29-33-46)39-22-24-43(25-23-39)53-37-52(42-16-8-4-9-17-42)56-54(57-53)44-18-10-5-11-19-44/h3-37H,1-2H3. The molecule has 1 aromatic heterocycles. The van der Waals surface area contributed by atoms with Gasteiger partial charge in [-0.2, -0.15) is 0 Å². The quantitative estimate of drug-likeness (QED) is 0.155. The number of rotatable bonds is 8. The minimum Gasteiger partial charge on any atom is -0.310 e. The van der Waals surface area contributed by atoms with E-state index < -0.39 is 0 Å². The van der Waals surface area contributed by atoms with Crippen LogP contribution < -0.4 is 4.90 Å². The zero-order chi connectivity index (χ0) is 39.1. The van der Waals surface area contributed by atoms with Crippen molar-refractivity contribution in [3.05, 3.63) is 223 Å². The average Bonchev–Trinajstić information content (AvgIpc) is 3.53. The van der Waals surface area contributed by atoms with Gasteiger partial charge in [-0.05, 0) is 87.0 Å². The first-order chi connectivity index (χ1) is 28.5. The van der Waals surface area contributed by atoms with Crippen LogP contribution in [0.15, 0.2) is 212 Å². The molecule has 10 rings (SSSR count). The van der Waals surface area contributed by atoms with E-state index in [2.05, 4.69) is 195 Å². The van der Waals surface area contributed by atoms with Crippen molar-refractivity contribution in [1.82, 2.24) is 9.97 Å². The third-order valence-electron chi connectivity index (χ3n) is 11.5. The minimum atomic E-state index is -0.0984. The maximum absolute atomic E-state index is 5.04. The van der Waals surface area contributed by atoms with Gasteiger partial charge in [-0.15, -0.1) is 0 Å². The van der Waals surface area contributed by atoms with E-state index in [1.807, 2.05) is 36.4 Å². The molecular formula is C55H41N3. The van der Waals surface area contributed by atoms with Crippen LogP contribution in [0.25, 0.3) is 67.3 Å². The molecule has 1 aliphatic rings. The van der Waals surface area contributed by atoms with Crippen LogP contribution in [0.4, 0.5) is 17.1 Å². The Balaban J connectivity index is 0.996. The SMILES string of the molecule is CC1(C)c2ccccc2-c2ccc(N(c3ccc(-c4ccccc4)cc3)c3ccc(-c4ccc(-c5cc(-c6ccccc6)nc(-c6ccccc6)n5)cc4)cc3)cc21. The molecule has 0 amide bonds. The van der Waals surface area contributed by atoms with E-state index in [9.17, 15) is 0 Å². The summed E-state index contributed by atoms with van der Waals surface area (Å²) >= 11 is 0. The summed E-state index contributed by atoms with van der Waals surface area (Å²) in [6.07, 6.45) is 0. The summed E-state index contributed by atoms with van der Waals surface area (Å²) in [5.41, 5.74) is 18.2. The Hall–Kier alpha value is -7.36. The number of hydrogen-bond acceptors (Lipinski definition) is 3. The van der Waals surface area contributed by atoms with Gasteiger partial charge in [0.15, 0.2) is 5.82 Å². The fourth-order valence-electron chi connectivity index (χ4n) is 8.42. The Bertz CT molecular complexity index is 2810. The first kappa shape index (κ1) is 35.1. The largest absolute Gasteiger partial charge is 0.310 e. The molecule has 8 aromatic carbocycles. The van der Waals surface area contributed by atoms with Gasteiger partial charge in [-0.3, -0.25) is 0 Å². The molecule has 1 heterocycles. The van der Waals surface area contributed by atoms with Crippen molar-refractivity contribution < 1.29 is 0 Å². The maximum Gasteiger partial charge on any atom is 0.160 e. The molecule has 0 saturated carbocycles. The Morgan fingerprint density at radius 1 is 0.328 bits per heavy atom. The van der Waals surface area contributed by atoms with Crippen LogP contribution >= 0.6 is 0 Å². The van der Waals surface area contributed by atoms with Gasteiger partial charge in [0.05, 0.1) is 11.4 Å². The van der Waals surface area contributed by atoms with E-state index in [4.69, 9.17) is 9.97 Å². The predicted molar refractivity (Wildman–Crippen MR) is 241 cm³/mol.